The lowest BCUT2D eigenvalue weighted by Crippen LogP contribution is -2.29. The third kappa shape index (κ3) is 6.37. The van der Waals surface area contributed by atoms with Gasteiger partial charge in [0, 0.05) is 31.3 Å². The fourth-order valence-electron chi connectivity index (χ4n) is 3.11. The molecule has 8 nitrogen and oxygen atoms in total. The van der Waals surface area contributed by atoms with E-state index in [1.165, 1.54) is 6.08 Å². The number of nitrogens with one attached hydrogen (secondary N) is 1. The summed E-state index contributed by atoms with van der Waals surface area (Å²) >= 11 is 0. The van der Waals surface area contributed by atoms with Gasteiger partial charge in [-0.3, -0.25) is 9.78 Å². The Morgan fingerprint density at radius 2 is 2.00 bits per heavy atom. The van der Waals surface area contributed by atoms with Gasteiger partial charge in [0.2, 0.25) is 10.0 Å². The predicted molar refractivity (Wildman–Crippen MR) is 114 cm³/mol. The smallest absolute Gasteiger partial charge is 0.257 e. The number of rotatable bonds is 5. The van der Waals surface area contributed by atoms with Crippen LogP contribution in [-0.2, 0) is 14.8 Å². The number of anilines is 1. The minimum atomic E-state index is -3.58. The Morgan fingerprint density at radius 1 is 1.17 bits per heavy atom. The van der Waals surface area contributed by atoms with E-state index in [4.69, 9.17) is 4.98 Å². The normalized spacial score (nSPS) is 16.0. The molecule has 0 atom stereocenters. The fourth-order valence-corrected chi connectivity index (χ4v) is 3.55. The molecule has 1 fully saturated rings. The summed E-state index contributed by atoms with van der Waals surface area (Å²) in [6.07, 6.45) is 8.27. The summed E-state index contributed by atoms with van der Waals surface area (Å²) in [5, 5.41) is 0. The predicted octanol–water partition coefficient (Wildman–Crippen LogP) is 1.37. The molecule has 1 amide bonds. The Balaban J connectivity index is 1.77. The van der Waals surface area contributed by atoms with Gasteiger partial charge in [0.05, 0.1) is 24.3 Å². The van der Waals surface area contributed by atoms with Crippen LogP contribution >= 0.6 is 0 Å². The first-order valence-corrected chi connectivity index (χ1v) is 11.2. The lowest BCUT2D eigenvalue weighted by molar-refractivity contribution is -0.114. The number of amides is 1. The van der Waals surface area contributed by atoms with E-state index >= 15 is 0 Å². The molecule has 1 saturated heterocycles. The van der Waals surface area contributed by atoms with Gasteiger partial charge >= 0.3 is 0 Å². The highest BCUT2D eigenvalue weighted by atomic mass is 32.2. The number of carbonyl (C=O) groups excluding carboxylic acids is 1. The summed E-state index contributed by atoms with van der Waals surface area (Å²) in [7, 11) is -1.45. The Hall–Kier alpha value is -2.78. The molecule has 0 aliphatic carbocycles. The molecule has 1 aromatic heterocycles. The molecule has 0 spiro atoms. The minimum absolute atomic E-state index is 0.689. The van der Waals surface area contributed by atoms with E-state index in [2.05, 4.69) is 21.8 Å². The summed E-state index contributed by atoms with van der Waals surface area (Å²) in [6, 6.07) is 7.50. The number of carbonyl (C=O) groups is 1. The highest BCUT2D eigenvalue weighted by Crippen LogP contribution is 2.21. The maximum atomic E-state index is 11.6. The van der Waals surface area contributed by atoms with E-state index in [-0.39, 0.29) is 0 Å². The van der Waals surface area contributed by atoms with E-state index in [0.717, 1.165) is 61.5 Å². The second kappa shape index (κ2) is 9.15. The molecule has 1 N–H and O–H groups in total. The molecule has 1 aromatic carbocycles. The van der Waals surface area contributed by atoms with Gasteiger partial charge in [-0.1, -0.05) is 18.2 Å². The first-order valence-electron chi connectivity index (χ1n) is 9.36. The van der Waals surface area contributed by atoms with Crippen LogP contribution in [0.1, 0.15) is 12.0 Å². The van der Waals surface area contributed by atoms with Gasteiger partial charge in [0.15, 0.2) is 0 Å². The maximum absolute atomic E-state index is 11.6. The molecule has 1 aliphatic rings. The molecule has 154 valence electrons. The second-order valence-corrected chi connectivity index (χ2v) is 8.85. The number of benzene rings is 1. The molecule has 0 saturated carbocycles. The molecule has 2 aromatic rings. The van der Waals surface area contributed by atoms with Crippen molar-refractivity contribution in [3.63, 3.8) is 0 Å². The number of nitrogens with zero attached hydrogens (tertiary/aromatic N) is 4. The van der Waals surface area contributed by atoms with Crippen molar-refractivity contribution in [3.05, 3.63) is 48.3 Å². The van der Waals surface area contributed by atoms with Crippen molar-refractivity contribution in [1.82, 2.24) is 19.6 Å². The van der Waals surface area contributed by atoms with Crippen LogP contribution in [-0.4, -0.2) is 68.7 Å². The molecule has 0 unspecified atom stereocenters. The average molecular weight is 416 g/mol. The third-order valence-electron chi connectivity index (χ3n) is 4.56. The standard InChI is InChI=1S/C20H25N5O3S/c1-24-9-4-10-25(12-11-24)19-15-21-14-18(22-19)17-6-3-5-16(13-17)7-8-20(26)23-29(2,27)28/h3,5-8,13-15H,4,9-12H2,1-2H3,(H,23,26)/b8-7+. The molecule has 29 heavy (non-hydrogen) atoms. The first kappa shape index (κ1) is 20.9. The van der Waals surface area contributed by atoms with Crippen LogP contribution in [0.3, 0.4) is 0 Å². The van der Waals surface area contributed by atoms with Gasteiger partial charge in [0.1, 0.15) is 5.82 Å². The number of hydrogen-bond acceptors (Lipinski definition) is 7. The lowest BCUT2D eigenvalue weighted by atomic mass is 10.1. The zero-order valence-corrected chi connectivity index (χ0v) is 17.4. The van der Waals surface area contributed by atoms with E-state index in [9.17, 15) is 13.2 Å². The largest absolute Gasteiger partial charge is 0.354 e. The first-order chi connectivity index (χ1) is 13.8. The summed E-state index contributed by atoms with van der Waals surface area (Å²) in [5.41, 5.74) is 2.38. The van der Waals surface area contributed by atoms with Crippen LogP contribution in [0, 0.1) is 0 Å². The second-order valence-electron chi connectivity index (χ2n) is 7.10. The highest BCUT2D eigenvalue weighted by Gasteiger charge is 2.14. The minimum Gasteiger partial charge on any atom is -0.354 e. The van der Waals surface area contributed by atoms with Crippen LogP contribution in [0.4, 0.5) is 5.82 Å². The number of sulfonamides is 1. The van der Waals surface area contributed by atoms with Crippen LogP contribution in [0.15, 0.2) is 42.7 Å². The molecule has 0 radical (unpaired) electrons. The zero-order valence-electron chi connectivity index (χ0n) is 16.6. The summed E-state index contributed by atoms with van der Waals surface area (Å²) in [6.45, 7) is 3.92. The van der Waals surface area contributed by atoms with E-state index in [0.29, 0.717) is 0 Å². The molecule has 2 heterocycles. The summed E-state index contributed by atoms with van der Waals surface area (Å²) < 4.78 is 24.1. The molecular weight excluding hydrogens is 390 g/mol. The fraction of sp³-hybridized carbons (Fsp3) is 0.350. The monoisotopic (exact) mass is 415 g/mol. The van der Waals surface area contributed by atoms with Crippen LogP contribution < -0.4 is 9.62 Å². The molecule has 3 rings (SSSR count). The Bertz CT molecular complexity index is 1010. The van der Waals surface area contributed by atoms with Crippen molar-refractivity contribution in [2.24, 2.45) is 0 Å². The van der Waals surface area contributed by atoms with E-state index in [1.807, 2.05) is 29.0 Å². The summed E-state index contributed by atoms with van der Waals surface area (Å²) in [4.78, 5) is 25.4. The number of aromatic nitrogens is 2. The number of likely N-dealkylation sites (N-methyl/N-ethyl adjacent to an activating group) is 1. The highest BCUT2D eigenvalue weighted by molar-refractivity contribution is 7.89. The SMILES string of the molecule is CN1CCCN(c2cncc(-c3cccc(/C=C/C(=O)NS(C)(=O)=O)c3)n2)CC1. The molecule has 1 aliphatic heterocycles. The van der Waals surface area contributed by atoms with E-state index < -0.39 is 15.9 Å². The lowest BCUT2D eigenvalue weighted by Gasteiger charge is -2.21. The summed E-state index contributed by atoms with van der Waals surface area (Å²) in [5.74, 6) is 0.164. The van der Waals surface area contributed by atoms with Gasteiger partial charge in [-0.2, -0.15) is 0 Å². The number of hydrogen-bond donors (Lipinski definition) is 1. The quantitative estimate of drug-likeness (QED) is 0.737. The van der Waals surface area contributed by atoms with Gasteiger partial charge in [-0.15, -0.1) is 0 Å². The van der Waals surface area contributed by atoms with Crippen LogP contribution in [0.5, 0.6) is 0 Å². The Kier molecular flexibility index (Phi) is 6.60. The molecule has 9 heteroatoms. The third-order valence-corrected chi connectivity index (χ3v) is 5.13. The van der Waals surface area contributed by atoms with Crippen molar-refractivity contribution in [2.45, 2.75) is 6.42 Å². The molecule has 0 bridgehead atoms. The Morgan fingerprint density at radius 3 is 2.79 bits per heavy atom. The van der Waals surface area contributed by atoms with Gasteiger partial charge in [-0.25, -0.2) is 18.1 Å². The van der Waals surface area contributed by atoms with Gasteiger partial charge < -0.3 is 9.80 Å². The van der Waals surface area contributed by atoms with Crippen molar-refractivity contribution in [1.29, 1.82) is 0 Å². The zero-order chi connectivity index (χ0) is 20.9. The van der Waals surface area contributed by atoms with Crippen molar-refractivity contribution >= 4 is 27.8 Å². The van der Waals surface area contributed by atoms with Crippen molar-refractivity contribution < 1.29 is 13.2 Å². The molecular formula is C20H25N5O3S. The topological polar surface area (TPSA) is 95.5 Å². The van der Waals surface area contributed by atoms with Gasteiger partial charge in [0.25, 0.3) is 5.91 Å². The van der Waals surface area contributed by atoms with Gasteiger partial charge in [-0.05, 0) is 37.7 Å². The van der Waals surface area contributed by atoms with Crippen molar-refractivity contribution in [2.75, 3.05) is 44.4 Å². The van der Waals surface area contributed by atoms with Crippen LogP contribution in [0.2, 0.25) is 0 Å². The van der Waals surface area contributed by atoms with E-state index in [1.54, 1.807) is 18.5 Å². The average Bonchev–Trinajstić information content (AvgIpc) is 2.90. The van der Waals surface area contributed by atoms with Crippen LogP contribution in [0.25, 0.3) is 17.3 Å². The van der Waals surface area contributed by atoms with Crippen molar-refractivity contribution in [3.8, 4) is 11.3 Å². The maximum Gasteiger partial charge on any atom is 0.257 e. The Labute approximate surface area is 171 Å².